The SMILES string of the molecule is Cc1cc(N2CCCOC[C@@H]2c2ccc(C3CC4COCC4C3)cc2Cl)nc(N)n1. The molecule has 5 rings (SSSR count). The molecule has 1 aliphatic carbocycles. The molecule has 0 radical (unpaired) electrons. The van der Waals surface area contributed by atoms with E-state index in [9.17, 15) is 0 Å². The molecule has 0 spiro atoms. The molecule has 3 atom stereocenters. The van der Waals surface area contributed by atoms with Crippen molar-refractivity contribution in [2.45, 2.75) is 38.1 Å². The molecule has 0 amide bonds. The van der Waals surface area contributed by atoms with Crippen LogP contribution in [-0.4, -0.2) is 42.9 Å². The van der Waals surface area contributed by atoms with Crippen LogP contribution in [0.5, 0.6) is 0 Å². The van der Waals surface area contributed by atoms with Crippen LogP contribution in [-0.2, 0) is 9.47 Å². The third-order valence-corrected chi connectivity index (χ3v) is 7.18. The molecule has 2 aromatic rings. The minimum atomic E-state index is -0.000825. The number of aromatic nitrogens is 2. The Morgan fingerprint density at radius 3 is 2.60 bits per heavy atom. The molecule has 2 aliphatic heterocycles. The third kappa shape index (κ3) is 3.88. The van der Waals surface area contributed by atoms with Gasteiger partial charge in [0.25, 0.3) is 0 Å². The van der Waals surface area contributed by atoms with E-state index in [-0.39, 0.29) is 6.04 Å². The van der Waals surface area contributed by atoms with Crippen molar-refractivity contribution < 1.29 is 9.47 Å². The molecular weight excluding hydrogens is 400 g/mol. The molecule has 1 aromatic heterocycles. The predicted molar refractivity (Wildman–Crippen MR) is 118 cm³/mol. The summed E-state index contributed by atoms with van der Waals surface area (Å²) in [6, 6.07) is 8.60. The molecule has 6 nitrogen and oxygen atoms in total. The third-order valence-electron chi connectivity index (χ3n) is 6.85. The Labute approximate surface area is 182 Å². The molecule has 3 fully saturated rings. The fourth-order valence-electron chi connectivity index (χ4n) is 5.36. The lowest BCUT2D eigenvalue weighted by atomic mass is 9.93. The van der Waals surface area contributed by atoms with Gasteiger partial charge in [-0.15, -0.1) is 0 Å². The number of fused-ring (bicyclic) bond motifs is 1. The van der Waals surface area contributed by atoms with Crippen molar-refractivity contribution in [2.24, 2.45) is 11.8 Å². The van der Waals surface area contributed by atoms with E-state index in [0.29, 0.717) is 30.3 Å². The summed E-state index contributed by atoms with van der Waals surface area (Å²) < 4.78 is 11.6. The van der Waals surface area contributed by atoms with E-state index in [1.807, 2.05) is 13.0 Å². The zero-order valence-electron chi connectivity index (χ0n) is 17.4. The summed E-state index contributed by atoms with van der Waals surface area (Å²) in [6.45, 7) is 5.92. The van der Waals surface area contributed by atoms with E-state index in [1.54, 1.807) is 0 Å². The van der Waals surface area contributed by atoms with Crippen LogP contribution in [0.3, 0.4) is 0 Å². The van der Waals surface area contributed by atoms with Crippen LogP contribution in [0, 0.1) is 18.8 Å². The van der Waals surface area contributed by atoms with Crippen LogP contribution < -0.4 is 10.6 Å². The highest BCUT2D eigenvalue weighted by atomic mass is 35.5. The van der Waals surface area contributed by atoms with Crippen molar-refractivity contribution in [3.8, 4) is 0 Å². The van der Waals surface area contributed by atoms with Gasteiger partial charge < -0.3 is 20.1 Å². The number of hydrogen-bond donors (Lipinski definition) is 1. The first-order valence-electron chi connectivity index (χ1n) is 10.9. The van der Waals surface area contributed by atoms with Gasteiger partial charge in [-0.1, -0.05) is 23.7 Å². The second-order valence-electron chi connectivity index (χ2n) is 8.87. The zero-order chi connectivity index (χ0) is 20.7. The predicted octanol–water partition coefficient (Wildman–Crippen LogP) is 4.13. The average molecular weight is 429 g/mol. The van der Waals surface area contributed by atoms with Gasteiger partial charge in [0.1, 0.15) is 5.82 Å². The summed E-state index contributed by atoms with van der Waals surface area (Å²) in [5.41, 5.74) is 9.22. The number of hydrogen-bond acceptors (Lipinski definition) is 6. The van der Waals surface area contributed by atoms with E-state index in [1.165, 1.54) is 18.4 Å². The quantitative estimate of drug-likeness (QED) is 0.792. The van der Waals surface area contributed by atoms with Gasteiger partial charge in [0.2, 0.25) is 5.95 Å². The molecule has 3 aliphatic rings. The van der Waals surface area contributed by atoms with E-state index in [0.717, 1.165) is 54.9 Å². The summed E-state index contributed by atoms with van der Waals surface area (Å²) in [4.78, 5) is 11.0. The fourth-order valence-corrected chi connectivity index (χ4v) is 5.68. The van der Waals surface area contributed by atoms with Crippen molar-refractivity contribution in [3.05, 3.63) is 46.1 Å². The molecule has 2 saturated heterocycles. The Bertz CT molecular complexity index is 892. The summed E-state index contributed by atoms with van der Waals surface area (Å²) in [5.74, 6) is 3.14. The summed E-state index contributed by atoms with van der Waals surface area (Å²) in [6.07, 6.45) is 3.35. The lowest BCUT2D eigenvalue weighted by Gasteiger charge is -2.31. The number of rotatable bonds is 3. The fraction of sp³-hybridized carbons (Fsp3) is 0.565. The van der Waals surface area contributed by atoms with Gasteiger partial charge in [-0.3, -0.25) is 0 Å². The molecule has 2 N–H and O–H groups in total. The van der Waals surface area contributed by atoms with Crippen molar-refractivity contribution in [1.82, 2.24) is 9.97 Å². The maximum absolute atomic E-state index is 6.87. The van der Waals surface area contributed by atoms with E-state index in [2.05, 4.69) is 33.1 Å². The first kappa shape index (κ1) is 20.0. The van der Waals surface area contributed by atoms with Gasteiger partial charge in [-0.05, 0) is 61.1 Å². The lowest BCUT2D eigenvalue weighted by Crippen LogP contribution is -2.32. The van der Waals surface area contributed by atoms with Crippen LogP contribution in [0.25, 0.3) is 0 Å². The molecule has 1 aromatic carbocycles. The number of ether oxygens (including phenoxy) is 2. The first-order valence-corrected chi connectivity index (χ1v) is 11.3. The standard InChI is InChI=1S/C23H29ClN4O2/c1-14-7-22(27-23(25)26-14)28-5-2-6-29-13-21(28)19-4-3-15(10-20(19)24)16-8-17-11-30-12-18(17)9-16/h3-4,7,10,16-18,21H,2,5-6,8-9,11-13H2,1H3,(H2,25,26,27)/t16?,17?,18?,21-/m1/s1. The van der Waals surface area contributed by atoms with Gasteiger partial charge in [0.05, 0.1) is 12.6 Å². The number of nitrogen functional groups attached to an aromatic ring is 1. The number of halogens is 1. The van der Waals surface area contributed by atoms with Crippen molar-refractivity contribution in [3.63, 3.8) is 0 Å². The molecule has 2 unspecified atom stereocenters. The Hall–Kier alpha value is -1.89. The van der Waals surface area contributed by atoms with Gasteiger partial charge in [0, 0.05) is 43.1 Å². The van der Waals surface area contributed by atoms with E-state index < -0.39 is 0 Å². The second kappa shape index (κ2) is 8.33. The van der Waals surface area contributed by atoms with Gasteiger partial charge in [-0.2, -0.15) is 4.98 Å². The van der Waals surface area contributed by atoms with E-state index >= 15 is 0 Å². The summed E-state index contributed by atoms with van der Waals surface area (Å²) >= 11 is 6.87. The minimum absolute atomic E-state index is 0.000825. The normalized spacial score (nSPS) is 29.1. The molecule has 3 heterocycles. The van der Waals surface area contributed by atoms with Crippen LogP contribution >= 0.6 is 11.6 Å². The van der Waals surface area contributed by atoms with Gasteiger partial charge in [0.15, 0.2) is 0 Å². The van der Waals surface area contributed by atoms with Crippen molar-refractivity contribution in [1.29, 1.82) is 0 Å². The Kier molecular flexibility index (Phi) is 5.56. The smallest absolute Gasteiger partial charge is 0.222 e. The van der Waals surface area contributed by atoms with Crippen molar-refractivity contribution in [2.75, 3.05) is 43.6 Å². The minimum Gasteiger partial charge on any atom is -0.381 e. The van der Waals surface area contributed by atoms with Crippen LogP contribution in [0.1, 0.15) is 48.0 Å². The maximum Gasteiger partial charge on any atom is 0.222 e. The highest BCUT2D eigenvalue weighted by Gasteiger charge is 2.39. The zero-order valence-corrected chi connectivity index (χ0v) is 18.1. The summed E-state index contributed by atoms with van der Waals surface area (Å²) in [7, 11) is 0. The molecule has 30 heavy (non-hydrogen) atoms. The largest absolute Gasteiger partial charge is 0.381 e. The highest BCUT2D eigenvalue weighted by Crippen LogP contribution is 2.46. The highest BCUT2D eigenvalue weighted by molar-refractivity contribution is 6.31. The van der Waals surface area contributed by atoms with E-state index in [4.69, 9.17) is 26.8 Å². The first-order chi connectivity index (χ1) is 14.6. The average Bonchev–Trinajstić information content (AvgIpc) is 3.22. The van der Waals surface area contributed by atoms with Gasteiger partial charge in [-0.25, -0.2) is 4.98 Å². The number of aryl methyl sites for hydroxylation is 1. The monoisotopic (exact) mass is 428 g/mol. The topological polar surface area (TPSA) is 73.5 Å². The van der Waals surface area contributed by atoms with Crippen LogP contribution in [0.15, 0.2) is 24.3 Å². The Morgan fingerprint density at radius 2 is 1.87 bits per heavy atom. The van der Waals surface area contributed by atoms with Crippen molar-refractivity contribution >= 4 is 23.4 Å². The second-order valence-corrected chi connectivity index (χ2v) is 9.28. The van der Waals surface area contributed by atoms with Crippen LogP contribution in [0.4, 0.5) is 11.8 Å². The Morgan fingerprint density at radius 1 is 1.07 bits per heavy atom. The maximum atomic E-state index is 6.87. The van der Waals surface area contributed by atoms with Crippen LogP contribution in [0.2, 0.25) is 5.02 Å². The Balaban J connectivity index is 1.43. The number of benzene rings is 1. The summed E-state index contributed by atoms with van der Waals surface area (Å²) in [5, 5.41) is 0.806. The van der Waals surface area contributed by atoms with Gasteiger partial charge >= 0.3 is 0 Å². The molecule has 0 bridgehead atoms. The molecular formula is C23H29ClN4O2. The number of nitrogens with two attached hydrogens (primary N) is 1. The lowest BCUT2D eigenvalue weighted by molar-refractivity contribution is 0.134. The molecule has 1 saturated carbocycles. The molecule has 7 heteroatoms. The molecule has 160 valence electrons. The number of nitrogens with zero attached hydrogens (tertiary/aromatic N) is 3. The number of anilines is 2.